The van der Waals surface area contributed by atoms with Crippen molar-refractivity contribution in [2.75, 3.05) is 4.90 Å². The van der Waals surface area contributed by atoms with E-state index in [1.807, 2.05) is 12.1 Å². The van der Waals surface area contributed by atoms with Crippen LogP contribution in [-0.4, -0.2) is 0 Å². The van der Waals surface area contributed by atoms with E-state index >= 15 is 0 Å². The third-order valence-electron chi connectivity index (χ3n) is 12.3. The van der Waals surface area contributed by atoms with Crippen LogP contribution in [0.2, 0.25) is 0 Å². The molecule has 60 heavy (non-hydrogen) atoms. The zero-order valence-electron chi connectivity index (χ0n) is 32.2. The Morgan fingerprint density at radius 1 is 0.283 bits per heavy atom. The number of hydrogen-bond acceptors (Lipinski definition) is 4. The fraction of sp³-hybridized carbons (Fsp3) is 0. The maximum absolute atomic E-state index is 6.70. The lowest BCUT2D eigenvalue weighted by molar-refractivity contribution is 0.670. The van der Waals surface area contributed by atoms with Gasteiger partial charge in [0.2, 0.25) is 0 Å². The van der Waals surface area contributed by atoms with Crippen LogP contribution in [0.3, 0.4) is 0 Å². The summed E-state index contributed by atoms with van der Waals surface area (Å²) in [7, 11) is 0. The molecule has 10 aromatic carbocycles. The minimum atomic E-state index is 0.847. The van der Waals surface area contributed by atoms with E-state index in [-0.39, 0.29) is 0 Å². The number of furan rings is 3. The Morgan fingerprint density at radius 3 is 1.45 bits per heavy atom. The van der Waals surface area contributed by atoms with Crippen LogP contribution >= 0.6 is 0 Å². The van der Waals surface area contributed by atoms with Gasteiger partial charge in [0.15, 0.2) is 0 Å². The maximum Gasteiger partial charge on any atom is 0.143 e. The Labute approximate surface area is 343 Å². The average Bonchev–Trinajstić information content (AvgIpc) is 4.02. The molecule has 0 aliphatic carbocycles. The molecule has 0 unspecified atom stereocenters. The number of rotatable bonds is 5. The molecule has 280 valence electrons. The number of hydrogen-bond donors (Lipinski definition) is 0. The van der Waals surface area contributed by atoms with Crippen molar-refractivity contribution in [2.45, 2.75) is 0 Å². The number of anilines is 3. The largest absolute Gasteiger partial charge is 0.455 e. The van der Waals surface area contributed by atoms with Crippen LogP contribution in [-0.2, 0) is 0 Å². The zero-order valence-corrected chi connectivity index (χ0v) is 32.2. The van der Waals surface area contributed by atoms with Gasteiger partial charge >= 0.3 is 0 Å². The third kappa shape index (κ3) is 4.85. The molecule has 3 aromatic heterocycles. The number of benzene rings is 10. The van der Waals surface area contributed by atoms with Crippen LogP contribution in [0.5, 0.6) is 0 Å². The van der Waals surface area contributed by atoms with Gasteiger partial charge in [-0.05, 0) is 88.1 Å². The molecule has 0 saturated carbocycles. The molecule has 4 heteroatoms. The minimum absolute atomic E-state index is 0.847. The second kappa shape index (κ2) is 12.7. The predicted molar refractivity (Wildman–Crippen MR) is 249 cm³/mol. The van der Waals surface area contributed by atoms with Gasteiger partial charge < -0.3 is 18.2 Å². The molecule has 0 aliphatic heterocycles. The highest BCUT2D eigenvalue weighted by Gasteiger charge is 2.22. The summed E-state index contributed by atoms with van der Waals surface area (Å²) >= 11 is 0. The summed E-state index contributed by atoms with van der Waals surface area (Å²) in [5, 5.41) is 11.2. The number of fused-ring (bicyclic) bond motifs is 13. The Morgan fingerprint density at radius 2 is 0.767 bits per heavy atom. The Bertz CT molecular complexity index is 3830. The molecule has 0 aliphatic rings. The molecule has 0 saturated heterocycles. The quantitative estimate of drug-likeness (QED) is 0.175. The molecule has 0 bridgehead atoms. The maximum atomic E-state index is 6.70. The molecule has 0 atom stereocenters. The first-order chi connectivity index (χ1) is 29.7. The van der Waals surface area contributed by atoms with Crippen molar-refractivity contribution in [2.24, 2.45) is 0 Å². The number of nitrogens with zero attached hydrogens (tertiary/aromatic N) is 1. The Kier molecular flexibility index (Phi) is 6.98. The van der Waals surface area contributed by atoms with Gasteiger partial charge in [-0.3, -0.25) is 0 Å². The fourth-order valence-electron chi connectivity index (χ4n) is 9.50. The SMILES string of the molecule is c1ccc2c(c1)ccc1c2oc2cccc(-c3ccc(N(c4ccc(-c5cccc6c5oc5ccccc56)cc4)c4cccc5oc6c7ccccc7ccc6c45)cc3)c21. The van der Waals surface area contributed by atoms with E-state index in [4.69, 9.17) is 13.3 Å². The first-order valence-electron chi connectivity index (χ1n) is 20.3. The van der Waals surface area contributed by atoms with Crippen molar-refractivity contribution in [1.82, 2.24) is 0 Å². The lowest BCUT2D eigenvalue weighted by Crippen LogP contribution is -2.10. The van der Waals surface area contributed by atoms with Crippen molar-refractivity contribution in [3.8, 4) is 22.3 Å². The highest BCUT2D eigenvalue weighted by molar-refractivity contribution is 6.21. The highest BCUT2D eigenvalue weighted by atomic mass is 16.3. The van der Waals surface area contributed by atoms with E-state index in [9.17, 15) is 0 Å². The van der Waals surface area contributed by atoms with Crippen molar-refractivity contribution in [1.29, 1.82) is 0 Å². The van der Waals surface area contributed by atoms with Gasteiger partial charge in [0.25, 0.3) is 0 Å². The van der Waals surface area contributed by atoms with Crippen LogP contribution in [0.1, 0.15) is 0 Å². The molecular weight excluding hydrogens is 735 g/mol. The molecule has 13 rings (SSSR count). The summed E-state index contributed by atoms with van der Waals surface area (Å²) in [5.74, 6) is 0. The minimum Gasteiger partial charge on any atom is -0.455 e. The first kappa shape index (κ1) is 32.9. The Hall–Kier alpha value is -8.08. The molecular formula is C56H33NO3. The predicted octanol–water partition coefficient (Wildman–Crippen LogP) is 16.5. The summed E-state index contributed by atoms with van der Waals surface area (Å²) < 4.78 is 19.7. The second-order valence-electron chi connectivity index (χ2n) is 15.6. The van der Waals surface area contributed by atoms with E-state index in [1.165, 1.54) is 5.39 Å². The van der Waals surface area contributed by atoms with E-state index in [1.54, 1.807) is 0 Å². The number of para-hydroxylation sites is 2. The normalized spacial score (nSPS) is 12.0. The standard InChI is InChI=1S/C56H33NO3/c1-3-12-41-34(10-1)26-32-46-52-40(15-8-20-50(52)59-55(41)46)36-22-28-38(29-23-36)57(48-18-9-21-51-53(48)47-33-27-35-11-2-4-13-42(35)56(47)60-51)39-30-24-37(25-31-39)43-16-7-17-45-44-14-5-6-19-49(44)58-54(43)45/h1-33H. The molecule has 0 radical (unpaired) electrons. The topological polar surface area (TPSA) is 42.7 Å². The summed E-state index contributed by atoms with van der Waals surface area (Å²) in [4.78, 5) is 2.35. The smallest absolute Gasteiger partial charge is 0.143 e. The zero-order chi connectivity index (χ0) is 39.3. The van der Waals surface area contributed by atoms with Crippen molar-refractivity contribution in [3.63, 3.8) is 0 Å². The Balaban J connectivity index is 0.984. The van der Waals surface area contributed by atoms with Gasteiger partial charge in [-0.25, -0.2) is 0 Å². The van der Waals surface area contributed by atoms with E-state index in [2.05, 4.69) is 193 Å². The summed E-state index contributed by atoms with van der Waals surface area (Å²) in [6.07, 6.45) is 0. The summed E-state index contributed by atoms with van der Waals surface area (Å²) in [5.41, 5.74) is 12.8. The van der Waals surface area contributed by atoms with Crippen LogP contribution in [0.4, 0.5) is 17.1 Å². The molecule has 4 nitrogen and oxygen atoms in total. The van der Waals surface area contributed by atoms with E-state index in [0.717, 1.165) is 121 Å². The van der Waals surface area contributed by atoms with Gasteiger partial charge in [0, 0.05) is 54.6 Å². The van der Waals surface area contributed by atoms with E-state index < -0.39 is 0 Å². The van der Waals surface area contributed by atoms with Crippen LogP contribution < -0.4 is 4.90 Å². The molecule has 0 spiro atoms. The van der Waals surface area contributed by atoms with Gasteiger partial charge in [-0.1, -0.05) is 140 Å². The van der Waals surface area contributed by atoms with Crippen molar-refractivity contribution >= 4 is 104 Å². The third-order valence-corrected chi connectivity index (χ3v) is 12.3. The fourth-order valence-corrected chi connectivity index (χ4v) is 9.50. The summed E-state index contributed by atoms with van der Waals surface area (Å²) in [6.45, 7) is 0. The van der Waals surface area contributed by atoms with Crippen molar-refractivity contribution in [3.05, 3.63) is 200 Å². The van der Waals surface area contributed by atoms with Gasteiger partial charge in [0.05, 0.1) is 11.1 Å². The lowest BCUT2D eigenvalue weighted by atomic mass is 9.97. The molecule has 0 fully saturated rings. The van der Waals surface area contributed by atoms with Crippen LogP contribution in [0.25, 0.3) is 110 Å². The van der Waals surface area contributed by atoms with E-state index in [0.29, 0.717) is 0 Å². The molecule has 3 heterocycles. The van der Waals surface area contributed by atoms with Crippen molar-refractivity contribution < 1.29 is 13.3 Å². The highest BCUT2D eigenvalue weighted by Crippen LogP contribution is 2.46. The van der Waals surface area contributed by atoms with Gasteiger partial charge in [-0.15, -0.1) is 0 Å². The molecule has 13 aromatic rings. The van der Waals surface area contributed by atoms with Crippen LogP contribution in [0, 0.1) is 0 Å². The molecule has 0 N–H and O–H groups in total. The first-order valence-corrected chi connectivity index (χ1v) is 20.3. The molecule has 0 amide bonds. The monoisotopic (exact) mass is 767 g/mol. The second-order valence-corrected chi connectivity index (χ2v) is 15.6. The van der Waals surface area contributed by atoms with Crippen LogP contribution in [0.15, 0.2) is 213 Å². The van der Waals surface area contributed by atoms with Gasteiger partial charge in [-0.2, -0.15) is 0 Å². The lowest BCUT2D eigenvalue weighted by Gasteiger charge is -2.26. The summed E-state index contributed by atoms with van der Waals surface area (Å²) in [6, 6.07) is 70.7. The van der Waals surface area contributed by atoms with Gasteiger partial charge in [0.1, 0.15) is 33.5 Å². The average molecular weight is 768 g/mol.